The molecule has 0 heterocycles. The molecule has 0 fully saturated rings. The zero-order valence-electron chi connectivity index (χ0n) is 11.1. The van der Waals surface area contributed by atoms with Crippen LogP contribution in [0.5, 0.6) is 5.75 Å². The number of aliphatic hydroxyl groups excluding tert-OH is 1. The van der Waals surface area contributed by atoms with Gasteiger partial charge in [-0.1, -0.05) is 12.1 Å². The van der Waals surface area contributed by atoms with Crippen LogP contribution >= 0.6 is 0 Å². The smallest absolute Gasteiger partial charge is 0.336 e. The second-order valence-corrected chi connectivity index (χ2v) is 4.15. The van der Waals surface area contributed by atoms with Crippen LogP contribution in [0.25, 0.3) is 0 Å². The number of nitrogens with zero attached hydrogens (tertiary/aromatic N) is 1. The van der Waals surface area contributed by atoms with Gasteiger partial charge in [0.25, 0.3) is 0 Å². The molecule has 0 saturated heterocycles. The Bertz CT molecular complexity index is 388. The number of hydrogen-bond acceptors (Lipinski definition) is 5. The average Bonchev–Trinajstić information content (AvgIpc) is 2.38. The van der Waals surface area contributed by atoms with Gasteiger partial charge in [0.05, 0.1) is 20.3 Å². The maximum atomic E-state index is 11.4. The molecule has 0 unspecified atom stereocenters. The molecule has 1 aromatic rings. The summed E-state index contributed by atoms with van der Waals surface area (Å²) in [7, 11) is 6.43. The normalized spacial score (nSPS) is 14.1. The van der Waals surface area contributed by atoms with Gasteiger partial charge < -0.3 is 14.6 Å². The molecule has 5 nitrogen and oxygen atoms in total. The third kappa shape index (κ3) is 3.21. The van der Waals surface area contributed by atoms with Crippen LogP contribution in [0.1, 0.15) is 11.6 Å². The van der Waals surface area contributed by atoms with Crippen molar-refractivity contribution in [1.82, 2.24) is 4.90 Å². The minimum Gasteiger partial charge on any atom is -0.497 e. The summed E-state index contributed by atoms with van der Waals surface area (Å²) in [6.07, 6.45) is -1.22. The first kappa shape index (κ1) is 14.5. The molecule has 1 N–H and O–H groups in total. The van der Waals surface area contributed by atoms with Crippen molar-refractivity contribution >= 4 is 5.97 Å². The number of carbonyl (C=O) groups excluding carboxylic acids is 1. The molecule has 2 atom stereocenters. The molecule has 5 heteroatoms. The Hall–Kier alpha value is -1.59. The monoisotopic (exact) mass is 253 g/mol. The van der Waals surface area contributed by atoms with Gasteiger partial charge in [0.15, 0.2) is 6.10 Å². The molecule has 0 aliphatic carbocycles. The fourth-order valence-electron chi connectivity index (χ4n) is 1.81. The molecule has 0 spiro atoms. The van der Waals surface area contributed by atoms with Crippen LogP contribution in [0.3, 0.4) is 0 Å². The van der Waals surface area contributed by atoms with Crippen LogP contribution in [-0.4, -0.2) is 50.4 Å². The molecule has 0 aliphatic rings. The van der Waals surface area contributed by atoms with E-state index in [-0.39, 0.29) is 0 Å². The van der Waals surface area contributed by atoms with Crippen LogP contribution in [0.2, 0.25) is 0 Å². The third-order valence-electron chi connectivity index (χ3n) is 2.76. The lowest BCUT2D eigenvalue weighted by molar-refractivity contribution is -0.154. The van der Waals surface area contributed by atoms with Crippen molar-refractivity contribution < 1.29 is 19.4 Å². The average molecular weight is 253 g/mol. The van der Waals surface area contributed by atoms with E-state index < -0.39 is 18.1 Å². The van der Waals surface area contributed by atoms with Crippen molar-refractivity contribution in [3.8, 4) is 5.75 Å². The van der Waals surface area contributed by atoms with E-state index in [1.165, 1.54) is 7.11 Å². The molecule has 0 saturated carbocycles. The molecule has 0 amide bonds. The Balaban J connectivity index is 3.00. The van der Waals surface area contributed by atoms with Crippen LogP contribution in [0.15, 0.2) is 24.3 Å². The Morgan fingerprint density at radius 2 is 1.78 bits per heavy atom. The second kappa shape index (κ2) is 6.37. The van der Waals surface area contributed by atoms with Gasteiger partial charge in [-0.2, -0.15) is 0 Å². The fourth-order valence-corrected chi connectivity index (χ4v) is 1.81. The highest BCUT2D eigenvalue weighted by Crippen LogP contribution is 2.25. The van der Waals surface area contributed by atoms with Crippen molar-refractivity contribution in [3.05, 3.63) is 29.8 Å². The molecule has 1 rings (SSSR count). The SMILES string of the molecule is COC(=O)[C@H](O)[C@H](c1ccc(OC)cc1)N(C)C. The van der Waals surface area contributed by atoms with Crippen LogP contribution < -0.4 is 4.74 Å². The van der Waals surface area contributed by atoms with Crippen LogP contribution in [0.4, 0.5) is 0 Å². The number of benzene rings is 1. The van der Waals surface area contributed by atoms with Gasteiger partial charge in [0, 0.05) is 0 Å². The lowest BCUT2D eigenvalue weighted by Gasteiger charge is -2.27. The Labute approximate surface area is 107 Å². The van der Waals surface area contributed by atoms with Crippen molar-refractivity contribution in [2.24, 2.45) is 0 Å². The first-order valence-corrected chi connectivity index (χ1v) is 5.57. The zero-order valence-corrected chi connectivity index (χ0v) is 11.1. The number of ether oxygens (including phenoxy) is 2. The Morgan fingerprint density at radius 1 is 1.22 bits per heavy atom. The van der Waals surface area contributed by atoms with E-state index in [0.717, 1.165) is 11.3 Å². The van der Waals surface area contributed by atoms with Gasteiger partial charge in [0.1, 0.15) is 5.75 Å². The van der Waals surface area contributed by atoms with Gasteiger partial charge in [0.2, 0.25) is 0 Å². The van der Waals surface area contributed by atoms with Crippen molar-refractivity contribution in [1.29, 1.82) is 0 Å². The molecule has 18 heavy (non-hydrogen) atoms. The van der Waals surface area contributed by atoms with Gasteiger partial charge in [-0.05, 0) is 31.8 Å². The van der Waals surface area contributed by atoms with Gasteiger partial charge in [-0.15, -0.1) is 0 Å². The summed E-state index contributed by atoms with van der Waals surface area (Å²) in [5.74, 6) is 0.0772. The van der Waals surface area contributed by atoms with E-state index >= 15 is 0 Å². The Morgan fingerprint density at radius 3 is 2.17 bits per heavy atom. The lowest BCUT2D eigenvalue weighted by atomic mass is 10.0. The quantitative estimate of drug-likeness (QED) is 0.788. The number of aliphatic hydroxyl groups is 1. The molecular formula is C13H19NO4. The molecule has 1 aromatic carbocycles. The predicted octanol–water partition coefficient (Wildman–Crippen LogP) is 0.832. The Kier molecular flexibility index (Phi) is 5.12. The highest BCUT2D eigenvalue weighted by molar-refractivity contribution is 5.75. The first-order chi connectivity index (χ1) is 8.51. The van der Waals surface area contributed by atoms with Gasteiger partial charge in [-0.3, -0.25) is 4.90 Å². The van der Waals surface area contributed by atoms with Gasteiger partial charge >= 0.3 is 5.97 Å². The minimum absolute atomic E-state index is 0.455. The van der Waals surface area contributed by atoms with Crippen molar-refractivity contribution in [3.63, 3.8) is 0 Å². The number of hydrogen-bond donors (Lipinski definition) is 1. The molecule has 0 aliphatic heterocycles. The second-order valence-electron chi connectivity index (χ2n) is 4.15. The summed E-state index contributed by atoms with van der Waals surface area (Å²) in [6.45, 7) is 0. The summed E-state index contributed by atoms with van der Waals surface area (Å²) in [5, 5.41) is 9.98. The van der Waals surface area contributed by atoms with E-state index in [4.69, 9.17) is 4.74 Å². The van der Waals surface area contributed by atoms with Crippen LogP contribution in [0, 0.1) is 0 Å². The first-order valence-electron chi connectivity index (χ1n) is 5.57. The third-order valence-corrected chi connectivity index (χ3v) is 2.76. The standard InChI is InChI=1S/C13H19NO4/c1-14(2)11(12(15)13(16)18-4)9-5-7-10(17-3)8-6-9/h5-8,11-12,15H,1-4H3/t11-,12+/m0/s1. The molecule has 0 bridgehead atoms. The van der Waals surface area contributed by atoms with E-state index in [9.17, 15) is 9.90 Å². The summed E-state index contributed by atoms with van der Waals surface area (Å²) in [4.78, 5) is 13.2. The van der Waals surface area contributed by atoms with E-state index in [1.54, 1.807) is 38.2 Å². The minimum atomic E-state index is -1.22. The van der Waals surface area contributed by atoms with Crippen molar-refractivity contribution in [2.45, 2.75) is 12.1 Å². The lowest BCUT2D eigenvalue weighted by Crippen LogP contribution is -2.37. The van der Waals surface area contributed by atoms with E-state index in [2.05, 4.69) is 4.74 Å². The number of methoxy groups -OCH3 is 2. The van der Waals surface area contributed by atoms with Crippen molar-refractivity contribution in [2.75, 3.05) is 28.3 Å². The number of carbonyl (C=O) groups is 1. The summed E-state index contributed by atoms with van der Waals surface area (Å²) in [6, 6.07) is 6.75. The highest BCUT2D eigenvalue weighted by atomic mass is 16.5. The highest BCUT2D eigenvalue weighted by Gasteiger charge is 2.30. The maximum absolute atomic E-state index is 11.4. The summed E-state index contributed by atoms with van der Waals surface area (Å²) < 4.78 is 9.64. The number of rotatable bonds is 5. The summed E-state index contributed by atoms with van der Waals surface area (Å²) >= 11 is 0. The zero-order chi connectivity index (χ0) is 13.7. The molecule has 0 aromatic heterocycles. The van der Waals surface area contributed by atoms with Gasteiger partial charge in [-0.25, -0.2) is 4.79 Å². The summed E-state index contributed by atoms with van der Waals surface area (Å²) in [5.41, 5.74) is 0.818. The largest absolute Gasteiger partial charge is 0.497 e. The maximum Gasteiger partial charge on any atom is 0.336 e. The molecule has 100 valence electrons. The topological polar surface area (TPSA) is 59.0 Å². The number of esters is 1. The molecular weight excluding hydrogens is 234 g/mol. The number of likely N-dealkylation sites (N-methyl/N-ethyl adjacent to an activating group) is 1. The fraction of sp³-hybridized carbons (Fsp3) is 0.462. The van der Waals surface area contributed by atoms with E-state index in [0.29, 0.717) is 0 Å². The predicted molar refractivity (Wildman–Crippen MR) is 67.4 cm³/mol. The van der Waals surface area contributed by atoms with Crippen LogP contribution in [-0.2, 0) is 9.53 Å². The molecule has 0 radical (unpaired) electrons. The van der Waals surface area contributed by atoms with E-state index in [1.807, 2.05) is 12.1 Å².